The van der Waals surface area contributed by atoms with Crippen molar-refractivity contribution in [3.05, 3.63) is 0 Å². The van der Waals surface area contributed by atoms with Gasteiger partial charge in [-0.2, -0.15) is 0 Å². The number of carboxylic acids is 1. The Labute approximate surface area is 127 Å². The first-order valence-electron chi connectivity index (χ1n) is 7.76. The number of ether oxygens (including phenoxy) is 1. The number of carbonyl (C=O) groups excluding carboxylic acids is 1. The summed E-state index contributed by atoms with van der Waals surface area (Å²) in [4.78, 5) is 22.8. The summed E-state index contributed by atoms with van der Waals surface area (Å²) in [6, 6.07) is 0. The van der Waals surface area contributed by atoms with Crippen molar-refractivity contribution in [2.75, 3.05) is 13.7 Å². The Morgan fingerprint density at radius 1 is 1.24 bits per heavy atom. The number of methoxy groups -OCH3 is 1. The number of nitrogens with one attached hydrogen (secondary N) is 1. The van der Waals surface area contributed by atoms with Crippen LogP contribution >= 0.6 is 0 Å². The molecule has 1 fully saturated rings. The average molecular weight is 299 g/mol. The van der Waals surface area contributed by atoms with E-state index in [1.165, 1.54) is 7.11 Å². The summed E-state index contributed by atoms with van der Waals surface area (Å²) in [5.74, 6) is -0.136. The highest BCUT2D eigenvalue weighted by molar-refractivity contribution is 5.78. The van der Waals surface area contributed by atoms with E-state index in [0.29, 0.717) is 11.3 Å². The van der Waals surface area contributed by atoms with Gasteiger partial charge in [0, 0.05) is 19.6 Å². The lowest BCUT2D eigenvalue weighted by Gasteiger charge is -2.36. The van der Waals surface area contributed by atoms with E-state index >= 15 is 0 Å². The van der Waals surface area contributed by atoms with Crippen molar-refractivity contribution in [2.45, 2.75) is 59.0 Å². The van der Waals surface area contributed by atoms with Gasteiger partial charge in [-0.3, -0.25) is 9.59 Å². The second kappa shape index (κ2) is 7.78. The van der Waals surface area contributed by atoms with Crippen LogP contribution in [0.2, 0.25) is 0 Å². The van der Waals surface area contributed by atoms with E-state index in [-0.39, 0.29) is 24.8 Å². The quantitative estimate of drug-likeness (QED) is 0.790. The van der Waals surface area contributed by atoms with E-state index in [2.05, 4.69) is 26.1 Å². The zero-order valence-corrected chi connectivity index (χ0v) is 13.6. The Balaban J connectivity index is 2.35. The molecule has 0 saturated heterocycles. The summed E-state index contributed by atoms with van der Waals surface area (Å²) in [6.45, 7) is 7.04. The summed E-state index contributed by atoms with van der Waals surface area (Å²) in [6.07, 6.45) is 3.47. The van der Waals surface area contributed by atoms with Crippen molar-refractivity contribution in [1.82, 2.24) is 5.32 Å². The van der Waals surface area contributed by atoms with Crippen LogP contribution in [-0.4, -0.2) is 36.7 Å². The van der Waals surface area contributed by atoms with E-state index in [1.54, 1.807) is 0 Å². The maximum Gasteiger partial charge on any atom is 0.306 e. The van der Waals surface area contributed by atoms with Crippen LogP contribution in [0.15, 0.2) is 0 Å². The topological polar surface area (TPSA) is 75.6 Å². The van der Waals surface area contributed by atoms with E-state index in [4.69, 9.17) is 9.84 Å². The van der Waals surface area contributed by atoms with Gasteiger partial charge < -0.3 is 15.2 Å². The molecular formula is C16H29NO4. The molecule has 1 unspecified atom stereocenters. The number of rotatable bonds is 6. The van der Waals surface area contributed by atoms with Gasteiger partial charge in [-0.15, -0.1) is 0 Å². The molecule has 0 aromatic rings. The molecule has 1 atom stereocenters. The van der Waals surface area contributed by atoms with Gasteiger partial charge in [-0.25, -0.2) is 0 Å². The Bertz CT molecular complexity index is 354. The van der Waals surface area contributed by atoms with E-state index in [1.807, 2.05) is 0 Å². The number of hydrogen-bond donors (Lipinski definition) is 2. The molecule has 0 bridgehead atoms. The molecule has 21 heavy (non-hydrogen) atoms. The Morgan fingerprint density at radius 3 is 2.24 bits per heavy atom. The molecule has 122 valence electrons. The minimum atomic E-state index is -0.915. The normalized spacial score (nSPS) is 24.4. The van der Waals surface area contributed by atoms with E-state index in [0.717, 1.165) is 25.7 Å². The van der Waals surface area contributed by atoms with E-state index in [9.17, 15) is 9.59 Å². The number of carbonyl (C=O) groups is 2. The lowest BCUT2D eigenvalue weighted by atomic mass is 9.69. The van der Waals surface area contributed by atoms with Crippen LogP contribution in [0, 0.1) is 17.3 Å². The van der Waals surface area contributed by atoms with Crippen molar-refractivity contribution in [2.24, 2.45) is 17.3 Å². The summed E-state index contributed by atoms with van der Waals surface area (Å²) >= 11 is 0. The largest absolute Gasteiger partial charge is 0.481 e. The van der Waals surface area contributed by atoms with Crippen molar-refractivity contribution in [1.29, 1.82) is 0 Å². The second-order valence-corrected chi connectivity index (χ2v) is 7.12. The number of hydrogen-bond acceptors (Lipinski definition) is 3. The maximum absolute atomic E-state index is 12.1. The zero-order valence-electron chi connectivity index (χ0n) is 13.6. The van der Waals surface area contributed by atoms with Crippen LogP contribution in [0.4, 0.5) is 0 Å². The molecule has 5 nitrogen and oxygen atoms in total. The predicted molar refractivity (Wildman–Crippen MR) is 81.0 cm³/mol. The summed E-state index contributed by atoms with van der Waals surface area (Å²) < 4.78 is 5.07. The van der Waals surface area contributed by atoms with Crippen molar-refractivity contribution >= 4 is 11.9 Å². The molecular weight excluding hydrogens is 270 g/mol. The van der Waals surface area contributed by atoms with Gasteiger partial charge in [-0.1, -0.05) is 20.8 Å². The number of amides is 1. The van der Waals surface area contributed by atoms with Crippen LogP contribution in [0.25, 0.3) is 0 Å². The summed E-state index contributed by atoms with van der Waals surface area (Å²) in [5.41, 5.74) is 0.310. The van der Waals surface area contributed by atoms with Crippen LogP contribution in [0.5, 0.6) is 0 Å². The zero-order chi connectivity index (χ0) is 16.0. The number of aliphatic carboxylic acids is 1. The first kappa shape index (κ1) is 18.0. The molecule has 0 aromatic carbocycles. The highest BCUT2D eigenvalue weighted by Crippen LogP contribution is 2.39. The van der Waals surface area contributed by atoms with Crippen molar-refractivity contribution in [3.8, 4) is 0 Å². The Morgan fingerprint density at radius 2 is 1.81 bits per heavy atom. The standard InChI is InChI=1S/C16H29NO4/c1-16(2,3)12-7-5-11(6-8-12)15(20)17-10-13(21-4)9-14(18)19/h11-13H,5-10H2,1-4H3,(H,17,20)(H,18,19). The first-order valence-corrected chi connectivity index (χ1v) is 7.76. The molecule has 0 aromatic heterocycles. The minimum Gasteiger partial charge on any atom is -0.481 e. The van der Waals surface area contributed by atoms with Crippen LogP contribution < -0.4 is 5.32 Å². The van der Waals surface area contributed by atoms with Gasteiger partial charge in [0.2, 0.25) is 5.91 Å². The Kier molecular flexibility index (Phi) is 6.65. The SMILES string of the molecule is COC(CNC(=O)C1CCC(C(C)(C)C)CC1)CC(=O)O. The van der Waals surface area contributed by atoms with Gasteiger partial charge >= 0.3 is 5.97 Å². The molecule has 0 heterocycles. The first-order chi connectivity index (χ1) is 9.74. The molecule has 0 spiro atoms. The number of carboxylic acid groups (broad SMARTS) is 1. The van der Waals surface area contributed by atoms with Gasteiger partial charge in [0.15, 0.2) is 0 Å². The molecule has 1 aliphatic rings. The molecule has 1 saturated carbocycles. The fourth-order valence-corrected chi connectivity index (χ4v) is 3.01. The average Bonchev–Trinajstić information content (AvgIpc) is 2.41. The van der Waals surface area contributed by atoms with Crippen molar-refractivity contribution in [3.63, 3.8) is 0 Å². The minimum absolute atomic E-state index is 0.0368. The predicted octanol–water partition coefficient (Wildman–Crippen LogP) is 2.44. The van der Waals surface area contributed by atoms with Gasteiger partial charge in [-0.05, 0) is 37.0 Å². The third kappa shape index (κ3) is 6.04. The third-order valence-corrected chi connectivity index (χ3v) is 4.56. The van der Waals surface area contributed by atoms with E-state index < -0.39 is 12.1 Å². The second-order valence-electron chi connectivity index (χ2n) is 7.12. The molecule has 0 aliphatic heterocycles. The molecule has 1 rings (SSSR count). The molecule has 2 N–H and O–H groups in total. The lowest BCUT2D eigenvalue weighted by Crippen LogP contribution is -2.39. The Hall–Kier alpha value is -1.10. The van der Waals surface area contributed by atoms with Crippen LogP contribution in [0.1, 0.15) is 52.9 Å². The van der Waals surface area contributed by atoms with Crippen molar-refractivity contribution < 1.29 is 19.4 Å². The highest BCUT2D eigenvalue weighted by atomic mass is 16.5. The molecule has 5 heteroatoms. The van der Waals surface area contributed by atoms with Gasteiger partial charge in [0.1, 0.15) is 0 Å². The van der Waals surface area contributed by atoms with Crippen LogP contribution in [0.3, 0.4) is 0 Å². The summed E-state index contributed by atoms with van der Waals surface area (Å²) in [7, 11) is 1.47. The monoisotopic (exact) mass is 299 g/mol. The fraction of sp³-hybridized carbons (Fsp3) is 0.875. The summed E-state index contributed by atoms with van der Waals surface area (Å²) in [5, 5.41) is 11.6. The maximum atomic E-state index is 12.1. The van der Waals surface area contributed by atoms with Crippen LogP contribution in [-0.2, 0) is 14.3 Å². The van der Waals surface area contributed by atoms with Gasteiger partial charge in [0.05, 0.1) is 12.5 Å². The third-order valence-electron chi connectivity index (χ3n) is 4.56. The molecule has 1 aliphatic carbocycles. The fourth-order valence-electron chi connectivity index (χ4n) is 3.01. The lowest BCUT2D eigenvalue weighted by molar-refractivity contribution is -0.140. The highest BCUT2D eigenvalue weighted by Gasteiger charge is 2.32. The smallest absolute Gasteiger partial charge is 0.306 e. The van der Waals surface area contributed by atoms with Gasteiger partial charge in [0.25, 0.3) is 0 Å². The molecule has 0 radical (unpaired) electrons. The molecule has 1 amide bonds.